The highest BCUT2D eigenvalue weighted by molar-refractivity contribution is 5.66. The van der Waals surface area contributed by atoms with Crippen LogP contribution in [-0.2, 0) is 9.53 Å². The first-order chi connectivity index (χ1) is 9.20. The molecule has 0 aliphatic carbocycles. The van der Waals surface area contributed by atoms with E-state index in [9.17, 15) is 4.79 Å². The third kappa shape index (κ3) is 12.9. The summed E-state index contributed by atoms with van der Waals surface area (Å²) in [5.41, 5.74) is 0. The molecule has 0 fully saturated rings. The average molecular weight is 266 g/mol. The summed E-state index contributed by atoms with van der Waals surface area (Å²) in [5.74, 6) is -0.729. The van der Waals surface area contributed by atoms with Crippen LogP contribution in [0.1, 0.15) is 45.4 Å². The third-order valence-electron chi connectivity index (χ3n) is 2.68. The molecule has 1 unspecified atom stereocenters. The average Bonchev–Trinajstić information content (AvgIpc) is 2.39. The fraction of sp³-hybridized carbons (Fsp3) is 0.562. The number of allylic oxidation sites excluding steroid dienone is 5. The minimum absolute atomic E-state index is 0.0737. The predicted octanol–water partition coefficient (Wildman–Crippen LogP) is 4.12. The number of hydrogen-bond donors (Lipinski definition) is 1. The number of ether oxygens (including phenoxy) is 1. The van der Waals surface area contributed by atoms with Crippen LogP contribution in [0.15, 0.2) is 36.5 Å². The summed E-state index contributed by atoms with van der Waals surface area (Å²) in [6.45, 7) is 2.12. The van der Waals surface area contributed by atoms with Gasteiger partial charge in [0, 0.05) is 13.5 Å². The number of hydrogen-bond acceptors (Lipinski definition) is 2. The van der Waals surface area contributed by atoms with E-state index in [1.54, 1.807) is 7.11 Å². The highest BCUT2D eigenvalue weighted by Gasteiger charge is 2.03. The van der Waals surface area contributed by atoms with Gasteiger partial charge in [0.05, 0.1) is 6.10 Å². The molecule has 19 heavy (non-hydrogen) atoms. The van der Waals surface area contributed by atoms with E-state index in [0.717, 1.165) is 25.7 Å². The van der Waals surface area contributed by atoms with Crippen LogP contribution in [0.5, 0.6) is 0 Å². The van der Waals surface area contributed by atoms with Crippen molar-refractivity contribution in [1.82, 2.24) is 0 Å². The van der Waals surface area contributed by atoms with Crippen molar-refractivity contribution in [2.45, 2.75) is 51.6 Å². The van der Waals surface area contributed by atoms with Gasteiger partial charge in [-0.1, -0.05) is 43.4 Å². The molecule has 1 atom stereocenters. The highest BCUT2D eigenvalue weighted by atomic mass is 16.5. The van der Waals surface area contributed by atoms with Gasteiger partial charge in [-0.3, -0.25) is 4.79 Å². The number of unbranched alkanes of at least 4 members (excludes halogenated alkanes) is 1. The molecule has 0 aliphatic rings. The Morgan fingerprint density at radius 2 is 2.00 bits per heavy atom. The fourth-order valence-electron chi connectivity index (χ4n) is 1.60. The van der Waals surface area contributed by atoms with E-state index >= 15 is 0 Å². The molecular weight excluding hydrogens is 240 g/mol. The molecule has 0 aliphatic heterocycles. The lowest BCUT2D eigenvalue weighted by molar-refractivity contribution is -0.137. The van der Waals surface area contributed by atoms with Crippen molar-refractivity contribution < 1.29 is 14.6 Å². The Balaban J connectivity index is 3.78. The van der Waals surface area contributed by atoms with E-state index < -0.39 is 5.97 Å². The smallest absolute Gasteiger partial charge is 0.303 e. The molecule has 108 valence electrons. The van der Waals surface area contributed by atoms with Gasteiger partial charge in [0.15, 0.2) is 0 Å². The lowest BCUT2D eigenvalue weighted by Gasteiger charge is -2.09. The van der Waals surface area contributed by atoms with Gasteiger partial charge in [0.1, 0.15) is 0 Å². The van der Waals surface area contributed by atoms with Gasteiger partial charge in [-0.05, 0) is 32.1 Å². The van der Waals surface area contributed by atoms with Crippen molar-refractivity contribution in [3.8, 4) is 0 Å². The highest BCUT2D eigenvalue weighted by Crippen LogP contribution is 2.07. The van der Waals surface area contributed by atoms with Crippen molar-refractivity contribution in [2.24, 2.45) is 0 Å². The maximum atomic E-state index is 10.4. The lowest BCUT2D eigenvalue weighted by atomic mass is 10.1. The molecule has 0 aromatic rings. The Bertz CT molecular complexity index is 303. The van der Waals surface area contributed by atoms with Crippen LogP contribution in [0.3, 0.4) is 0 Å². The van der Waals surface area contributed by atoms with Crippen LogP contribution >= 0.6 is 0 Å². The van der Waals surface area contributed by atoms with Crippen LogP contribution in [0.25, 0.3) is 0 Å². The third-order valence-corrected chi connectivity index (χ3v) is 2.68. The minimum Gasteiger partial charge on any atom is -0.481 e. The minimum atomic E-state index is -0.729. The molecule has 3 heteroatoms. The molecule has 0 saturated carbocycles. The molecule has 0 radical (unpaired) electrons. The van der Waals surface area contributed by atoms with Crippen molar-refractivity contribution in [3.05, 3.63) is 36.5 Å². The van der Waals surface area contributed by atoms with E-state index in [0.29, 0.717) is 6.42 Å². The zero-order valence-electron chi connectivity index (χ0n) is 12.0. The van der Waals surface area contributed by atoms with E-state index in [-0.39, 0.29) is 12.5 Å². The summed E-state index contributed by atoms with van der Waals surface area (Å²) < 4.78 is 5.32. The zero-order valence-corrected chi connectivity index (χ0v) is 12.0. The van der Waals surface area contributed by atoms with E-state index in [1.165, 1.54) is 0 Å². The van der Waals surface area contributed by atoms with Crippen LogP contribution in [0.2, 0.25) is 0 Å². The first-order valence-electron chi connectivity index (χ1n) is 6.93. The van der Waals surface area contributed by atoms with Gasteiger partial charge in [-0.15, -0.1) is 0 Å². The molecule has 0 heterocycles. The van der Waals surface area contributed by atoms with Crippen molar-refractivity contribution in [3.63, 3.8) is 0 Å². The summed E-state index contributed by atoms with van der Waals surface area (Å²) in [6.07, 6.45) is 17.2. The first kappa shape index (κ1) is 17.6. The van der Waals surface area contributed by atoms with E-state index in [2.05, 4.69) is 25.2 Å². The molecule has 1 N–H and O–H groups in total. The van der Waals surface area contributed by atoms with Gasteiger partial charge in [0.2, 0.25) is 0 Å². The lowest BCUT2D eigenvalue weighted by Crippen LogP contribution is -2.06. The second-order valence-electron chi connectivity index (χ2n) is 4.34. The molecule has 3 nitrogen and oxygen atoms in total. The molecule has 0 aromatic heterocycles. The van der Waals surface area contributed by atoms with Crippen LogP contribution in [-0.4, -0.2) is 24.3 Å². The Morgan fingerprint density at radius 1 is 1.21 bits per heavy atom. The molecular formula is C16H26O3. The number of carbonyl (C=O) groups is 1. The fourth-order valence-corrected chi connectivity index (χ4v) is 1.60. The summed E-state index contributed by atoms with van der Waals surface area (Å²) in [6, 6.07) is 0. The monoisotopic (exact) mass is 266 g/mol. The number of aliphatic carboxylic acids is 1. The molecule has 0 aromatic carbocycles. The quantitative estimate of drug-likeness (QED) is 0.348. The van der Waals surface area contributed by atoms with Crippen LogP contribution in [0, 0.1) is 0 Å². The molecule has 0 amide bonds. The number of carboxylic acids is 1. The van der Waals surface area contributed by atoms with Gasteiger partial charge in [0.25, 0.3) is 0 Å². The topological polar surface area (TPSA) is 46.5 Å². The van der Waals surface area contributed by atoms with Gasteiger partial charge >= 0.3 is 5.97 Å². The van der Waals surface area contributed by atoms with Crippen molar-refractivity contribution >= 4 is 5.97 Å². The standard InChI is InChI=1S/C16H26O3/c1-3-4-5-6-7-8-9-12-15(19-2)13-10-11-14-16(17)18/h4-5,7-9,12,15H,3,6,10-11,13-14H2,1-2H3,(H,17,18). The van der Waals surface area contributed by atoms with Gasteiger partial charge in [-0.25, -0.2) is 0 Å². The summed E-state index contributed by atoms with van der Waals surface area (Å²) in [4.78, 5) is 10.4. The maximum absolute atomic E-state index is 10.4. The Labute approximate surface area is 116 Å². The predicted molar refractivity (Wildman–Crippen MR) is 79.2 cm³/mol. The van der Waals surface area contributed by atoms with Crippen molar-refractivity contribution in [2.75, 3.05) is 7.11 Å². The molecule has 0 bridgehead atoms. The Kier molecular flexibility index (Phi) is 12.2. The normalized spacial score (nSPS) is 13.8. The molecule has 0 rings (SSSR count). The SMILES string of the molecule is CCC=CCC=CC=CC(CCCCC(=O)O)OC. The van der Waals surface area contributed by atoms with Crippen molar-refractivity contribution in [1.29, 1.82) is 0 Å². The summed E-state index contributed by atoms with van der Waals surface area (Å²) >= 11 is 0. The second-order valence-corrected chi connectivity index (χ2v) is 4.34. The number of carboxylic acid groups (broad SMARTS) is 1. The van der Waals surface area contributed by atoms with Crippen LogP contribution < -0.4 is 0 Å². The zero-order chi connectivity index (χ0) is 14.3. The molecule has 0 saturated heterocycles. The Morgan fingerprint density at radius 3 is 2.63 bits per heavy atom. The maximum Gasteiger partial charge on any atom is 0.303 e. The Hall–Kier alpha value is -1.35. The number of methoxy groups -OCH3 is 1. The first-order valence-corrected chi connectivity index (χ1v) is 6.93. The van der Waals surface area contributed by atoms with E-state index in [4.69, 9.17) is 9.84 Å². The summed E-state index contributed by atoms with van der Waals surface area (Å²) in [5, 5.41) is 8.54. The number of rotatable bonds is 11. The second kappa shape index (κ2) is 13.1. The molecule has 0 spiro atoms. The largest absolute Gasteiger partial charge is 0.481 e. The van der Waals surface area contributed by atoms with E-state index in [1.807, 2.05) is 18.2 Å². The van der Waals surface area contributed by atoms with Gasteiger partial charge in [-0.2, -0.15) is 0 Å². The van der Waals surface area contributed by atoms with Gasteiger partial charge < -0.3 is 9.84 Å². The summed E-state index contributed by atoms with van der Waals surface area (Å²) in [7, 11) is 1.68. The van der Waals surface area contributed by atoms with Crippen LogP contribution in [0.4, 0.5) is 0 Å².